The molecule has 0 unspecified atom stereocenters. The zero-order chi connectivity index (χ0) is 21.1. The number of Topliss-reactive ketones (excluding diaryl/α,β-unsaturated/α-hetero) is 1. The molecule has 0 amide bonds. The number of benzene rings is 1. The summed E-state index contributed by atoms with van der Waals surface area (Å²) in [4.78, 5) is 23.9. The topological polar surface area (TPSA) is 101 Å². The molecule has 1 aromatic carbocycles. The van der Waals surface area contributed by atoms with Crippen LogP contribution in [0.2, 0.25) is 0 Å². The lowest BCUT2D eigenvalue weighted by Crippen LogP contribution is -2.24. The van der Waals surface area contributed by atoms with Gasteiger partial charge >= 0.3 is 13.8 Å². The van der Waals surface area contributed by atoms with Crippen molar-refractivity contribution in [3.63, 3.8) is 0 Å². The fraction of sp³-hybridized carbons (Fsp3) is 0.444. The SMILES string of the molecule is COP(=O)(CC(=O)c1cc2cc(COC(=O)OC(C)(C)C)oc2cc1F)OC. The minimum absolute atomic E-state index is 0.165. The molecule has 0 bridgehead atoms. The molecule has 0 aliphatic heterocycles. The van der Waals surface area contributed by atoms with Gasteiger partial charge in [-0.3, -0.25) is 9.36 Å². The van der Waals surface area contributed by atoms with Crippen LogP contribution in [0.5, 0.6) is 0 Å². The van der Waals surface area contributed by atoms with Crippen molar-refractivity contribution >= 4 is 30.5 Å². The van der Waals surface area contributed by atoms with Crippen LogP contribution in [-0.2, 0) is 29.7 Å². The molecule has 0 saturated carbocycles. The van der Waals surface area contributed by atoms with E-state index in [1.165, 1.54) is 12.1 Å². The number of ketones is 1. The van der Waals surface area contributed by atoms with Crippen molar-refractivity contribution in [1.29, 1.82) is 0 Å². The largest absolute Gasteiger partial charge is 0.509 e. The van der Waals surface area contributed by atoms with Gasteiger partial charge in [0.1, 0.15) is 28.9 Å². The van der Waals surface area contributed by atoms with E-state index in [0.717, 1.165) is 20.3 Å². The van der Waals surface area contributed by atoms with Crippen molar-refractivity contribution in [2.75, 3.05) is 20.4 Å². The van der Waals surface area contributed by atoms with E-state index in [-0.39, 0.29) is 23.5 Å². The van der Waals surface area contributed by atoms with Crippen molar-refractivity contribution in [3.05, 3.63) is 35.3 Å². The van der Waals surface area contributed by atoms with Gasteiger partial charge in [-0.1, -0.05) is 0 Å². The van der Waals surface area contributed by atoms with Gasteiger partial charge in [0.2, 0.25) is 0 Å². The average Bonchev–Trinajstić information content (AvgIpc) is 2.99. The third kappa shape index (κ3) is 5.64. The maximum atomic E-state index is 14.3. The Morgan fingerprint density at radius 3 is 2.36 bits per heavy atom. The van der Waals surface area contributed by atoms with Crippen LogP contribution in [0.3, 0.4) is 0 Å². The molecule has 1 aromatic heterocycles. The molecule has 0 fully saturated rings. The molecule has 0 N–H and O–H groups in total. The molecular weight excluding hydrogens is 394 g/mol. The standard InChI is InChI=1S/C18H22FO8P/c1-18(2,3)27-17(21)25-9-12-6-11-7-13(14(19)8-16(11)26-12)15(20)10-28(22,23-4)24-5/h6-8H,9-10H2,1-5H3. The first-order chi connectivity index (χ1) is 13.0. The summed E-state index contributed by atoms with van der Waals surface area (Å²) in [7, 11) is -1.34. The predicted molar refractivity (Wildman–Crippen MR) is 98.0 cm³/mol. The first kappa shape index (κ1) is 22.1. The number of rotatable bonds is 7. The van der Waals surface area contributed by atoms with Crippen LogP contribution in [0.4, 0.5) is 9.18 Å². The summed E-state index contributed by atoms with van der Waals surface area (Å²) in [5, 5.41) is 0.414. The summed E-state index contributed by atoms with van der Waals surface area (Å²) in [5.41, 5.74) is -0.812. The Bertz CT molecular complexity index is 920. The van der Waals surface area contributed by atoms with Crippen LogP contribution < -0.4 is 0 Å². The molecule has 2 rings (SSSR count). The summed E-state index contributed by atoms with van der Waals surface area (Å²) < 4.78 is 51.2. The first-order valence-electron chi connectivity index (χ1n) is 8.28. The molecule has 154 valence electrons. The summed E-state index contributed by atoms with van der Waals surface area (Å²) in [6.07, 6.45) is -1.47. The summed E-state index contributed by atoms with van der Waals surface area (Å²) >= 11 is 0. The molecule has 8 nitrogen and oxygen atoms in total. The van der Waals surface area contributed by atoms with Crippen LogP contribution >= 0.6 is 7.60 Å². The minimum atomic E-state index is -3.63. The van der Waals surface area contributed by atoms with Crippen molar-refractivity contribution in [2.24, 2.45) is 0 Å². The highest BCUT2D eigenvalue weighted by molar-refractivity contribution is 7.54. The van der Waals surface area contributed by atoms with E-state index < -0.39 is 37.1 Å². The third-order valence-electron chi connectivity index (χ3n) is 3.57. The third-order valence-corrected chi connectivity index (χ3v) is 5.36. The van der Waals surface area contributed by atoms with Gasteiger partial charge in [-0.25, -0.2) is 9.18 Å². The molecule has 2 aromatic rings. The molecule has 1 heterocycles. The van der Waals surface area contributed by atoms with E-state index in [2.05, 4.69) is 0 Å². The molecule has 0 atom stereocenters. The lowest BCUT2D eigenvalue weighted by atomic mass is 10.1. The van der Waals surface area contributed by atoms with Crippen LogP contribution in [-0.4, -0.2) is 37.9 Å². The number of carbonyl (C=O) groups excluding carboxylic acids is 2. The summed E-state index contributed by atoms with van der Waals surface area (Å²) in [6.45, 7) is 4.87. The maximum Gasteiger partial charge on any atom is 0.509 e. The van der Waals surface area contributed by atoms with E-state index in [4.69, 9.17) is 22.9 Å². The smallest absolute Gasteiger partial charge is 0.457 e. The van der Waals surface area contributed by atoms with Gasteiger partial charge in [0.05, 0.1) is 5.56 Å². The van der Waals surface area contributed by atoms with Gasteiger partial charge in [0.25, 0.3) is 0 Å². The molecule has 0 saturated heterocycles. The van der Waals surface area contributed by atoms with Gasteiger partial charge in [0.15, 0.2) is 12.4 Å². The van der Waals surface area contributed by atoms with Gasteiger partial charge in [-0.15, -0.1) is 0 Å². The van der Waals surface area contributed by atoms with Crippen LogP contribution in [0, 0.1) is 5.82 Å². The lowest BCUT2D eigenvalue weighted by molar-refractivity contribution is -0.0130. The highest BCUT2D eigenvalue weighted by atomic mass is 31.2. The second-order valence-corrected chi connectivity index (χ2v) is 9.16. The minimum Gasteiger partial charge on any atom is -0.457 e. The Morgan fingerprint density at radius 2 is 1.79 bits per heavy atom. The van der Waals surface area contributed by atoms with Crippen molar-refractivity contribution in [2.45, 2.75) is 33.0 Å². The fourth-order valence-corrected chi connectivity index (χ4v) is 3.21. The van der Waals surface area contributed by atoms with Crippen molar-refractivity contribution in [3.8, 4) is 0 Å². The van der Waals surface area contributed by atoms with Crippen LogP contribution in [0.25, 0.3) is 11.0 Å². The van der Waals surface area contributed by atoms with Crippen molar-refractivity contribution in [1.82, 2.24) is 0 Å². The molecule has 28 heavy (non-hydrogen) atoms. The Morgan fingerprint density at radius 1 is 1.14 bits per heavy atom. The van der Waals surface area contributed by atoms with E-state index in [0.29, 0.717) is 5.39 Å². The van der Waals surface area contributed by atoms with Crippen LogP contribution in [0.1, 0.15) is 36.9 Å². The van der Waals surface area contributed by atoms with E-state index >= 15 is 0 Å². The Kier molecular flexibility index (Phi) is 6.64. The second-order valence-electron chi connectivity index (χ2n) is 6.89. The van der Waals surface area contributed by atoms with Gasteiger partial charge in [0, 0.05) is 25.7 Å². The van der Waals surface area contributed by atoms with Gasteiger partial charge < -0.3 is 22.9 Å². The zero-order valence-corrected chi connectivity index (χ0v) is 17.1. The Balaban J connectivity index is 2.18. The number of furan rings is 1. The molecule has 0 aliphatic carbocycles. The number of carbonyl (C=O) groups is 2. The maximum absolute atomic E-state index is 14.3. The van der Waals surface area contributed by atoms with E-state index in [9.17, 15) is 18.5 Å². The average molecular weight is 416 g/mol. The summed E-state index contributed by atoms with van der Waals surface area (Å²) in [6, 6.07) is 3.80. The molecule has 10 heteroatoms. The molecular formula is C18H22FO8P. The number of halogens is 1. The van der Waals surface area contributed by atoms with E-state index in [1.807, 2.05) is 0 Å². The van der Waals surface area contributed by atoms with E-state index in [1.54, 1.807) is 20.8 Å². The number of ether oxygens (including phenoxy) is 2. The Hall–Kier alpha value is -2.22. The van der Waals surface area contributed by atoms with Crippen LogP contribution in [0.15, 0.2) is 22.6 Å². The number of fused-ring (bicyclic) bond motifs is 1. The highest BCUT2D eigenvalue weighted by Crippen LogP contribution is 2.46. The first-order valence-corrected chi connectivity index (χ1v) is 10.0. The lowest BCUT2D eigenvalue weighted by Gasteiger charge is -2.18. The molecule has 0 aliphatic rings. The predicted octanol–water partition coefficient (Wildman–Crippen LogP) is 4.69. The monoisotopic (exact) mass is 416 g/mol. The molecule has 0 spiro atoms. The molecule has 0 radical (unpaired) electrons. The summed E-state index contributed by atoms with van der Waals surface area (Å²) in [5.74, 6) is -1.34. The zero-order valence-electron chi connectivity index (χ0n) is 16.2. The second kappa shape index (κ2) is 8.43. The normalized spacial score (nSPS) is 12.2. The number of hydrogen-bond acceptors (Lipinski definition) is 8. The number of hydrogen-bond donors (Lipinski definition) is 0. The quantitative estimate of drug-likeness (QED) is 0.364. The van der Waals surface area contributed by atoms with Gasteiger partial charge in [-0.2, -0.15) is 0 Å². The Labute approximate surface area is 161 Å². The fourth-order valence-electron chi connectivity index (χ4n) is 2.28. The van der Waals surface area contributed by atoms with Crippen molar-refractivity contribution < 1.29 is 41.5 Å². The van der Waals surface area contributed by atoms with Gasteiger partial charge in [-0.05, 0) is 32.9 Å². The highest BCUT2D eigenvalue weighted by Gasteiger charge is 2.28.